The Morgan fingerprint density at radius 3 is 1.72 bits per heavy atom. The number of nitrogens with two attached hydrogens (primary N) is 3. The Kier molecular flexibility index (Phi) is 11.7. The van der Waals surface area contributed by atoms with Crippen LogP contribution in [0.1, 0.15) is 13.3 Å². The maximum absolute atomic E-state index is 9.69. The Balaban J connectivity index is 4.04. The molecule has 1 atom stereocenters. The lowest BCUT2D eigenvalue weighted by Crippen LogP contribution is -2.43. The number of nitrogens with zero attached hydrogens (tertiary/aromatic N) is 2. The molecule has 0 rings (SSSR count). The summed E-state index contributed by atoms with van der Waals surface area (Å²) >= 11 is 0. The minimum absolute atomic E-state index is 0.269. The normalized spacial score (nSPS) is 13.5. The molecule has 0 bridgehead atoms. The largest absolute Gasteiger partial charge is 0.392 e. The summed E-state index contributed by atoms with van der Waals surface area (Å²) in [5.74, 6) is 0. The van der Waals surface area contributed by atoms with Crippen LogP contribution in [0.3, 0.4) is 0 Å². The van der Waals surface area contributed by atoms with E-state index < -0.39 is 0 Å². The SMILES string of the molecule is CCC(O)CN(CCN)CCN(CCN)CCN. The molecule has 0 saturated carbocycles. The van der Waals surface area contributed by atoms with Gasteiger partial charge in [0.25, 0.3) is 0 Å². The molecule has 6 heteroatoms. The molecule has 0 amide bonds. The van der Waals surface area contributed by atoms with Crippen LogP contribution in [0, 0.1) is 0 Å². The molecule has 0 aliphatic rings. The first kappa shape index (κ1) is 17.8. The molecule has 0 aromatic carbocycles. The fourth-order valence-electron chi connectivity index (χ4n) is 1.89. The van der Waals surface area contributed by atoms with E-state index in [-0.39, 0.29) is 6.10 Å². The molecule has 0 radical (unpaired) electrons. The second kappa shape index (κ2) is 11.8. The highest BCUT2D eigenvalue weighted by atomic mass is 16.3. The molecule has 0 aromatic rings. The molecule has 0 heterocycles. The predicted molar refractivity (Wildman–Crippen MR) is 76.3 cm³/mol. The topological polar surface area (TPSA) is 105 Å². The molecule has 0 aliphatic carbocycles. The van der Waals surface area contributed by atoms with Crippen LogP contribution in [0.15, 0.2) is 0 Å². The zero-order chi connectivity index (χ0) is 13.8. The predicted octanol–water partition coefficient (Wildman–Crippen LogP) is -1.76. The molecule has 0 aromatic heterocycles. The molecular weight excluding hydrogens is 230 g/mol. The van der Waals surface area contributed by atoms with Crippen molar-refractivity contribution in [1.29, 1.82) is 0 Å². The molecule has 110 valence electrons. The van der Waals surface area contributed by atoms with Gasteiger partial charge in [-0.05, 0) is 6.42 Å². The maximum atomic E-state index is 9.69. The van der Waals surface area contributed by atoms with Crippen LogP contribution in [0.25, 0.3) is 0 Å². The van der Waals surface area contributed by atoms with E-state index in [1.807, 2.05) is 6.92 Å². The number of hydrogen-bond acceptors (Lipinski definition) is 6. The van der Waals surface area contributed by atoms with Crippen LogP contribution in [0.5, 0.6) is 0 Å². The number of rotatable bonds is 12. The van der Waals surface area contributed by atoms with Gasteiger partial charge in [0.1, 0.15) is 0 Å². The van der Waals surface area contributed by atoms with Gasteiger partial charge in [0.05, 0.1) is 6.10 Å². The highest BCUT2D eigenvalue weighted by molar-refractivity contribution is 4.68. The quantitative estimate of drug-likeness (QED) is 0.332. The van der Waals surface area contributed by atoms with E-state index in [1.54, 1.807) is 0 Å². The van der Waals surface area contributed by atoms with Gasteiger partial charge in [-0.1, -0.05) is 6.92 Å². The van der Waals surface area contributed by atoms with Gasteiger partial charge in [-0.25, -0.2) is 0 Å². The summed E-state index contributed by atoms with van der Waals surface area (Å²) in [6.07, 6.45) is 0.505. The summed E-state index contributed by atoms with van der Waals surface area (Å²) in [6.45, 7) is 8.95. The van der Waals surface area contributed by atoms with Crippen LogP contribution in [0.2, 0.25) is 0 Å². The third kappa shape index (κ3) is 8.79. The molecule has 0 aliphatic heterocycles. The maximum Gasteiger partial charge on any atom is 0.0664 e. The summed E-state index contributed by atoms with van der Waals surface area (Å²) in [5.41, 5.74) is 16.7. The van der Waals surface area contributed by atoms with Crippen molar-refractivity contribution in [1.82, 2.24) is 9.80 Å². The van der Waals surface area contributed by atoms with Crippen LogP contribution >= 0.6 is 0 Å². The second-order valence-electron chi connectivity index (χ2n) is 4.57. The van der Waals surface area contributed by atoms with Crippen molar-refractivity contribution in [3.05, 3.63) is 0 Å². The summed E-state index contributed by atoms with van der Waals surface area (Å²) < 4.78 is 0. The van der Waals surface area contributed by atoms with Gasteiger partial charge in [-0.3, -0.25) is 9.80 Å². The monoisotopic (exact) mass is 261 g/mol. The first-order chi connectivity index (χ1) is 8.67. The van der Waals surface area contributed by atoms with E-state index in [9.17, 15) is 5.11 Å². The Hall–Kier alpha value is -0.240. The second-order valence-corrected chi connectivity index (χ2v) is 4.57. The minimum Gasteiger partial charge on any atom is -0.392 e. The van der Waals surface area contributed by atoms with Crippen molar-refractivity contribution < 1.29 is 5.11 Å². The highest BCUT2D eigenvalue weighted by Gasteiger charge is 2.11. The van der Waals surface area contributed by atoms with Crippen LogP contribution < -0.4 is 17.2 Å². The summed E-state index contributed by atoms with van der Waals surface area (Å²) in [6, 6.07) is 0. The Morgan fingerprint density at radius 1 is 0.833 bits per heavy atom. The zero-order valence-corrected chi connectivity index (χ0v) is 11.7. The van der Waals surface area contributed by atoms with E-state index in [0.29, 0.717) is 26.2 Å². The van der Waals surface area contributed by atoms with Crippen molar-refractivity contribution in [3.8, 4) is 0 Å². The van der Waals surface area contributed by atoms with E-state index in [2.05, 4.69) is 9.80 Å². The number of aliphatic hydroxyl groups excluding tert-OH is 1. The van der Waals surface area contributed by atoms with E-state index >= 15 is 0 Å². The molecule has 0 saturated heterocycles. The molecular formula is C12H31N5O. The van der Waals surface area contributed by atoms with Gasteiger partial charge in [0.2, 0.25) is 0 Å². The van der Waals surface area contributed by atoms with Gasteiger partial charge in [-0.15, -0.1) is 0 Å². The van der Waals surface area contributed by atoms with Gasteiger partial charge < -0.3 is 22.3 Å². The Bertz CT molecular complexity index is 176. The summed E-state index contributed by atoms with van der Waals surface area (Å²) in [5, 5.41) is 9.69. The molecule has 7 N–H and O–H groups in total. The fraction of sp³-hybridized carbons (Fsp3) is 1.00. The third-order valence-electron chi connectivity index (χ3n) is 3.01. The average Bonchev–Trinajstić information content (AvgIpc) is 2.36. The van der Waals surface area contributed by atoms with Gasteiger partial charge in [0, 0.05) is 58.9 Å². The van der Waals surface area contributed by atoms with E-state index in [4.69, 9.17) is 17.2 Å². The average molecular weight is 261 g/mol. The summed E-state index contributed by atoms with van der Waals surface area (Å²) in [4.78, 5) is 4.45. The molecule has 0 fully saturated rings. The Labute approximate surface area is 111 Å². The van der Waals surface area contributed by atoms with Crippen molar-refractivity contribution in [2.24, 2.45) is 17.2 Å². The lowest BCUT2D eigenvalue weighted by atomic mass is 10.2. The van der Waals surface area contributed by atoms with Crippen LogP contribution in [-0.4, -0.2) is 79.9 Å². The van der Waals surface area contributed by atoms with E-state index in [1.165, 1.54) is 0 Å². The van der Waals surface area contributed by atoms with E-state index in [0.717, 1.165) is 39.1 Å². The lowest BCUT2D eigenvalue weighted by Gasteiger charge is -2.28. The first-order valence-electron chi connectivity index (χ1n) is 6.90. The molecule has 18 heavy (non-hydrogen) atoms. The Morgan fingerprint density at radius 2 is 1.28 bits per heavy atom. The van der Waals surface area contributed by atoms with Crippen molar-refractivity contribution in [3.63, 3.8) is 0 Å². The molecule has 1 unspecified atom stereocenters. The van der Waals surface area contributed by atoms with Crippen LogP contribution in [0.4, 0.5) is 0 Å². The highest BCUT2D eigenvalue weighted by Crippen LogP contribution is 1.97. The fourth-order valence-corrected chi connectivity index (χ4v) is 1.89. The smallest absolute Gasteiger partial charge is 0.0664 e. The van der Waals surface area contributed by atoms with Crippen molar-refractivity contribution >= 4 is 0 Å². The number of aliphatic hydroxyl groups is 1. The standard InChI is InChI=1S/C12H31N5O/c1-2-12(18)11-17(8-5-15)10-9-16(6-3-13)7-4-14/h12,18H,2-11,13-15H2,1H3. The van der Waals surface area contributed by atoms with Crippen molar-refractivity contribution in [2.45, 2.75) is 19.4 Å². The third-order valence-corrected chi connectivity index (χ3v) is 3.01. The van der Waals surface area contributed by atoms with Gasteiger partial charge in [0.15, 0.2) is 0 Å². The van der Waals surface area contributed by atoms with Crippen molar-refractivity contribution in [2.75, 3.05) is 58.9 Å². The van der Waals surface area contributed by atoms with Crippen LogP contribution in [-0.2, 0) is 0 Å². The van der Waals surface area contributed by atoms with Gasteiger partial charge in [-0.2, -0.15) is 0 Å². The minimum atomic E-state index is -0.269. The number of hydrogen-bond donors (Lipinski definition) is 4. The molecule has 6 nitrogen and oxygen atoms in total. The first-order valence-corrected chi connectivity index (χ1v) is 6.90. The lowest BCUT2D eigenvalue weighted by molar-refractivity contribution is 0.103. The summed E-state index contributed by atoms with van der Waals surface area (Å²) in [7, 11) is 0. The zero-order valence-electron chi connectivity index (χ0n) is 11.7. The molecule has 0 spiro atoms. The van der Waals surface area contributed by atoms with Gasteiger partial charge >= 0.3 is 0 Å².